The third-order valence-electron chi connectivity index (χ3n) is 3.50. The molecule has 96 valence electrons. The molecule has 3 rings (SSSR count). The number of halogens is 1. The lowest BCUT2D eigenvalue weighted by Crippen LogP contribution is -2.07. The van der Waals surface area contributed by atoms with Crippen LogP contribution in [0.15, 0.2) is 23.0 Å². The van der Waals surface area contributed by atoms with Crippen LogP contribution in [0.3, 0.4) is 0 Å². The van der Waals surface area contributed by atoms with Crippen LogP contribution in [0.1, 0.15) is 23.7 Å². The summed E-state index contributed by atoms with van der Waals surface area (Å²) in [6.07, 6.45) is 1.41. The summed E-state index contributed by atoms with van der Waals surface area (Å²) >= 11 is 3.75. The van der Waals surface area contributed by atoms with Crippen LogP contribution in [0, 0.1) is 5.92 Å². The minimum Gasteiger partial charge on any atom is -0.378 e. The molecule has 1 aromatic heterocycles. The molecular formula is C13H15BrN2O2. The third-order valence-corrected chi connectivity index (χ3v) is 4.78. The molecule has 3 atom stereocenters. The van der Waals surface area contributed by atoms with Crippen LogP contribution in [0.25, 0.3) is 11.0 Å². The maximum Gasteiger partial charge on any atom is 0.323 e. The second-order valence-electron chi connectivity index (χ2n) is 4.93. The monoisotopic (exact) mass is 310 g/mol. The smallest absolute Gasteiger partial charge is 0.323 e. The highest BCUT2D eigenvalue weighted by molar-refractivity contribution is 9.09. The molecule has 0 radical (unpaired) electrons. The van der Waals surface area contributed by atoms with Crippen molar-refractivity contribution in [1.82, 2.24) is 9.97 Å². The number of aromatic amines is 2. The van der Waals surface area contributed by atoms with Gasteiger partial charge in [0.05, 0.1) is 23.7 Å². The van der Waals surface area contributed by atoms with Gasteiger partial charge in [-0.25, -0.2) is 4.79 Å². The predicted molar refractivity (Wildman–Crippen MR) is 74.1 cm³/mol. The van der Waals surface area contributed by atoms with Gasteiger partial charge in [-0.3, -0.25) is 0 Å². The fourth-order valence-corrected chi connectivity index (χ4v) is 3.20. The molecule has 5 heteroatoms. The maximum atomic E-state index is 11.2. The normalized spacial score (nSPS) is 25.7. The Labute approximate surface area is 113 Å². The van der Waals surface area contributed by atoms with Gasteiger partial charge in [0.25, 0.3) is 0 Å². The number of fused-ring (bicyclic) bond motifs is 1. The van der Waals surface area contributed by atoms with Gasteiger partial charge in [-0.1, -0.05) is 22.0 Å². The molecule has 0 saturated carbocycles. The van der Waals surface area contributed by atoms with Gasteiger partial charge in [-0.2, -0.15) is 0 Å². The molecule has 1 saturated heterocycles. The Morgan fingerprint density at radius 3 is 2.89 bits per heavy atom. The number of aromatic nitrogens is 2. The molecule has 1 aliphatic heterocycles. The minimum absolute atomic E-state index is 0.161. The van der Waals surface area contributed by atoms with Crippen LogP contribution < -0.4 is 5.69 Å². The zero-order valence-electron chi connectivity index (χ0n) is 10.1. The number of nitrogens with one attached hydrogen (secondary N) is 2. The Morgan fingerprint density at radius 2 is 2.17 bits per heavy atom. The largest absolute Gasteiger partial charge is 0.378 e. The summed E-state index contributed by atoms with van der Waals surface area (Å²) in [5.74, 6) is 0.489. The highest BCUT2D eigenvalue weighted by atomic mass is 79.9. The van der Waals surface area contributed by atoms with Crippen LogP contribution in [0.4, 0.5) is 0 Å². The van der Waals surface area contributed by atoms with E-state index in [1.165, 1.54) is 5.56 Å². The molecule has 3 unspecified atom stereocenters. The zero-order chi connectivity index (χ0) is 12.7. The Hall–Kier alpha value is -1.07. The van der Waals surface area contributed by atoms with Crippen LogP contribution >= 0.6 is 15.9 Å². The van der Waals surface area contributed by atoms with Crippen molar-refractivity contribution in [2.45, 2.75) is 24.3 Å². The predicted octanol–water partition coefficient (Wildman–Crippen LogP) is 2.72. The van der Waals surface area contributed by atoms with E-state index in [1.54, 1.807) is 0 Å². The number of benzene rings is 1. The molecular weight excluding hydrogens is 296 g/mol. The van der Waals surface area contributed by atoms with Gasteiger partial charge in [0.1, 0.15) is 0 Å². The molecule has 2 aromatic rings. The molecule has 0 aliphatic carbocycles. The first-order chi connectivity index (χ1) is 8.63. The van der Waals surface area contributed by atoms with Crippen molar-refractivity contribution >= 4 is 27.0 Å². The highest BCUT2D eigenvalue weighted by Crippen LogP contribution is 2.38. The number of H-pyrrole nitrogens is 2. The first-order valence-corrected chi connectivity index (χ1v) is 7.02. The van der Waals surface area contributed by atoms with Gasteiger partial charge in [-0.05, 0) is 31.0 Å². The van der Waals surface area contributed by atoms with Gasteiger partial charge in [-0.15, -0.1) is 0 Å². The number of hydrogen-bond donors (Lipinski definition) is 2. The van der Waals surface area contributed by atoms with E-state index in [2.05, 4.69) is 38.9 Å². The zero-order valence-corrected chi connectivity index (χ0v) is 11.7. The van der Waals surface area contributed by atoms with Crippen molar-refractivity contribution in [2.75, 3.05) is 6.61 Å². The summed E-state index contributed by atoms with van der Waals surface area (Å²) < 4.78 is 5.61. The lowest BCUT2D eigenvalue weighted by atomic mass is 9.96. The molecule has 4 nitrogen and oxygen atoms in total. The summed E-state index contributed by atoms with van der Waals surface area (Å²) in [5.41, 5.74) is 2.72. The van der Waals surface area contributed by atoms with Crippen molar-refractivity contribution in [3.8, 4) is 0 Å². The van der Waals surface area contributed by atoms with E-state index in [-0.39, 0.29) is 10.5 Å². The van der Waals surface area contributed by atoms with E-state index < -0.39 is 0 Å². The SMILES string of the molecule is CC1CC(C(Br)c2ccc3[nH]c(=O)[nH]c3c2)CO1. The van der Waals surface area contributed by atoms with Gasteiger partial charge in [0.15, 0.2) is 0 Å². The first-order valence-electron chi connectivity index (χ1n) is 6.11. The van der Waals surface area contributed by atoms with Gasteiger partial charge in [0.2, 0.25) is 0 Å². The third kappa shape index (κ3) is 2.12. The lowest BCUT2D eigenvalue weighted by Gasteiger charge is -2.16. The van der Waals surface area contributed by atoms with Crippen LogP contribution in [-0.4, -0.2) is 22.7 Å². The molecule has 0 bridgehead atoms. The van der Waals surface area contributed by atoms with Crippen molar-refractivity contribution in [2.24, 2.45) is 5.92 Å². The summed E-state index contributed by atoms with van der Waals surface area (Å²) in [4.78, 5) is 17.0. The molecule has 1 aliphatic rings. The molecule has 2 heterocycles. The molecule has 1 aromatic carbocycles. The maximum absolute atomic E-state index is 11.2. The average Bonchev–Trinajstić information content (AvgIpc) is 2.92. The molecule has 0 spiro atoms. The number of alkyl halides is 1. The Morgan fingerprint density at radius 1 is 1.39 bits per heavy atom. The minimum atomic E-state index is -0.161. The van der Waals surface area contributed by atoms with Crippen molar-refractivity contribution in [3.63, 3.8) is 0 Å². The highest BCUT2D eigenvalue weighted by Gasteiger charge is 2.29. The molecule has 0 amide bonds. The standard InChI is InChI=1S/C13H15BrN2O2/c1-7-4-9(6-18-7)12(14)8-2-3-10-11(5-8)16-13(17)15-10/h2-3,5,7,9,12H,4,6H2,1H3,(H2,15,16,17). The van der Waals surface area contributed by atoms with Crippen molar-refractivity contribution < 1.29 is 4.74 Å². The Bertz CT molecular complexity index is 619. The molecule has 1 fully saturated rings. The van der Waals surface area contributed by atoms with Gasteiger partial charge in [0, 0.05) is 10.7 Å². The number of imidazole rings is 1. The second kappa shape index (κ2) is 4.55. The fraction of sp³-hybridized carbons (Fsp3) is 0.462. The van der Waals surface area contributed by atoms with Crippen LogP contribution in [0.2, 0.25) is 0 Å². The van der Waals surface area contributed by atoms with E-state index in [1.807, 2.05) is 12.1 Å². The average molecular weight is 311 g/mol. The van der Waals surface area contributed by atoms with Crippen molar-refractivity contribution in [1.29, 1.82) is 0 Å². The summed E-state index contributed by atoms with van der Waals surface area (Å²) in [6, 6.07) is 6.01. The van der Waals surface area contributed by atoms with Gasteiger partial charge >= 0.3 is 5.69 Å². The first kappa shape index (κ1) is 12.0. The quantitative estimate of drug-likeness (QED) is 0.838. The summed E-state index contributed by atoms with van der Waals surface area (Å²) in [5, 5.41) is 0. The lowest BCUT2D eigenvalue weighted by molar-refractivity contribution is 0.120. The van der Waals surface area contributed by atoms with E-state index in [0.717, 1.165) is 24.1 Å². The van der Waals surface area contributed by atoms with Crippen LogP contribution in [-0.2, 0) is 4.74 Å². The van der Waals surface area contributed by atoms with Gasteiger partial charge < -0.3 is 14.7 Å². The van der Waals surface area contributed by atoms with E-state index in [9.17, 15) is 4.79 Å². The molecule has 18 heavy (non-hydrogen) atoms. The number of rotatable bonds is 2. The summed E-state index contributed by atoms with van der Waals surface area (Å²) in [7, 11) is 0. The Balaban J connectivity index is 1.91. The van der Waals surface area contributed by atoms with E-state index in [0.29, 0.717) is 12.0 Å². The fourth-order valence-electron chi connectivity index (χ4n) is 2.55. The van der Waals surface area contributed by atoms with E-state index >= 15 is 0 Å². The second-order valence-corrected chi connectivity index (χ2v) is 5.91. The van der Waals surface area contributed by atoms with Crippen LogP contribution in [0.5, 0.6) is 0 Å². The number of hydrogen-bond acceptors (Lipinski definition) is 2. The Kier molecular flexibility index (Phi) is 3.03. The number of ether oxygens (including phenoxy) is 1. The summed E-state index contributed by atoms with van der Waals surface area (Å²) in [6.45, 7) is 2.89. The van der Waals surface area contributed by atoms with Crippen molar-refractivity contribution in [3.05, 3.63) is 34.2 Å². The molecule has 2 N–H and O–H groups in total. The van der Waals surface area contributed by atoms with E-state index in [4.69, 9.17) is 4.74 Å². The topological polar surface area (TPSA) is 57.9 Å².